The van der Waals surface area contributed by atoms with Crippen LogP contribution in [0.15, 0.2) is 0 Å². The lowest BCUT2D eigenvalue weighted by atomic mass is 10.2. The lowest BCUT2D eigenvalue weighted by molar-refractivity contribution is -0.122. The van der Waals surface area contributed by atoms with Gasteiger partial charge in [0.15, 0.2) is 0 Å². The van der Waals surface area contributed by atoms with Gasteiger partial charge in [0.2, 0.25) is 0 Å². The van der Waals surface area contributed by atoms with Crippen LogP contribution in [0.1, 0.15) is 6.42 Å². The van der Waals surface area contributed by atoms with Crippen LogP contribution >= 0.6 is 0 Å². The van der Waals surface area contributed by atoms with Crippen molar-refractivity contribution >= 4 is 0 Å². The number of hydrogen-bond donors (Lipinski definition) is 0. The molecule has 0 spiro atoms. The summed E-state index contributed by atoms with van der Waals surface area (Å²) in [5.74, 6) is 0. The van der Waals surface area contributed by atoms with Crippen molar-refractivity contribution < 1.29 is 4.74 Å². The molecule has 0 amide bonds. The Balaban J connectivity index is 1.90. The van der Waals surface area contributed by atoms with Crippen LogP contribution in [0.3, 0.4) is 0 Å². The van der Waals surface area contributed by atoms with Gasteiger partial charge in [-0.1, -0.05) is 0 Å². The number of rotatable bonds is 1. The van der Waals surface area contributed by atoms with E-state index in [1.165, 1.54) is 19.5 Å². The largest absolute Gasteiger partial charge is 0.378 e. The van der Waals surface area contributed by atoms with Gasteiger partial charge < -0.3 is 4.74 Å². The minimum atomic E-state index is 0.687. The second-order valence-electron chi connectivity index (χ2n) is 3.09. The summed E-state index contributed by atoms with van der Waals surface area (Å²) < 4.78 is 5.13. The molecule has 10 heavy (non-hydrogen) atoms. The fourth-order valence-corrected chi connectivity index (χ4v) is 1.62. The van der Waals surface area contributed by atoms with Gasteiger partial charge in [-0.25, -0.2) is 10.0 Å². The summed E-state index contributed by atoms with van der Waals surface area (Å²) in [6.07, 6.45) is 1.31. The van der Waals surface area contributed by atoms with Gasteiger partial charge in [0, 0.05) is 20.1 Å². The topological polar surface area (TPSA) is 15.7 Å². The molecule has 0 aliphatic carbocycles. The van der Waals surface area contributed by atoms with E-state index in [9.17, 15) is 0 Å². The molecular formula is C7H14N2O. The molecule has 2 fully saturated rings. The van der Waals surface area contributed by atoms with E-state index < -0.39 is 0 Å². The predicted molar refractivity (Wildman–Crippen MR) is 38.6 cm³/mol. The molecule has 2 rings (SSSR count). The number of ether oxygens (including phenoxy) is 1. The van der Waals surface area contributed by atoms with Gasteiger partial charge >= 0.3 is 0 Å². The van der Waals surface area contributed by atoms with Crippen LogP contribution in [0.2, 0.25) is 0 Å². The molecule has 2 saturated heterocycles. The van der Waals surface area contributed by atoms with Gasteiger partial charge in [0.05, 0.1) is 19.3 Å². The van der Waals surface area contributed by atoms with Crippen molar-refractivity contribution in [2.24, 2.45) is 0 Å². The van der Waals surface area contributed by atoms with Crippen molar-refractivity contribution in [3.8, 4) is 0 Å². The van der Waals surface area contributed by atoms with E-state index in [4.69, 9.17) is 4.74 Å². The molecule has 0 aromatic carbocycles. The smallest absolute Gasteiger partial charge is 0.0713 e. The molecule has 0 saturated carbocycles. The van der Waals surface area contributed by atoms with Crippen molar-refractivity contribution in [2.45, 2.75) is 12.5 Å². The second-order valence-corrected chi connectivity index (χ2v) is 3.09. The summed E-state index contributed by atoms with van der Waals surface area (Å²) in [4.78, 5) is 0. The third kappa shape index (κ3) is 0.944. The number of hydrogen-bond acceptors (Lipinski definition) is 3. The molecule has 3 heteroatoms. The highest BCUT2D eigenvalue weighted by Crippen LogP contribution is 2.17. The zero-order chi connectivity index (χ0) is 6.97. The molecule has 0 N–H and O–H groups in total. The van der Waals surface area contributed by atoms with Crippen molar-refractivity contribution in [2.75, 3.05) is 33.4 Å². The minimum Gasteiger partial charge on any atom is -0.378 e. The molecular weight excluding hydrogens is 128 g/mol. The Morgan fingerprint density at radius 1 is 1.30 bits per heavy atom. The number of hydrazine groups is 1. The van der Waals surface area contributed by atoms with Gasteiger partial charge in [-0.3, -0.25) is 0 Å². The molecule has 0 aromatic heterocycles. The molecule has 0 radical (unpaired) electrons. The first-order chi connectivity index (χ1) is 4.88. The van der Waals surface area contributed by atoms with Crippen LogP contribution in [0.4, 0.5) is 0 Å². The Hall–Kier alpha value is -0.120. The van der Waals surface area contributed by atoms with Crippen molar-refractivity contribution in [3.05, 3.63) is 0 Å². The van der Waals surface area contributed by atoms with Crippen LogP contribution < -0.4 is 0 Å². The van der Waals surface area contributed by atoms with E-state index >= 15 is 0 Å². The first kappa shape index (κ1) is 6.58. The molecule has 2 aliphatic heterocycles. The van der Waals surface area contributed by atoms with E-state index in [1.54, 1.807) is 0 Å². The van der Waals surface area contributed by atoms with Crippen LogP contribution in [0.25, 0.3) is 0 Å². The van der Waals surface area contributed by atoms with Gasteiger partial charge in [0.1, 0.15) is 0 Å². The molecule has 0 aromatic rings. The summed E-state index contributed by atoms with van der Waals surface area (Å²) in [6.45, 7) is 4.32. The first-order valence-corrected chi connectivity index (χ1v) is 3.93. The first-order valence-electron chi connectivity index (χ1n) is 3.93. The summed E-state index contributed by atoms with van der Waals surface area (Å²) in [7, 11) is 2.16. The molecule has 58 valence electrons. The van der Waals surface area contributed by atoms with Crippen molar-refractivity contribution in [3.63, 3.8) is 0 Å². The SMILES string of the molecule is CN1CCCN1C1COC1. The average Bonchev–Trinajstić information content (AvgIpc) is 2.12. The fourth-order valence-electron chi connectivity index (χ4n) is 1.62. The highest BCUT2D eigenvalue weighted by Gasteiger charge is 2.31. The van der Waals surface area contributed by atoms with Crippen LogP contribution in [0, 0.1) is 0 Å². The summed E-state index contributed by atoms with van der Waals surface area (Å²) >= 11 is 0. The molecule has 2 aliphatic rings. The van der Waals surface area contributed by atoms with E-state index in [2.05, 4.69) is 17.1 Å². The molecule has 0 atom stereocenters. The maximum absolute atomic E-state index is 5.13. The summed E-state index contributed by atoms with van der Waals surface area (Å²) in [5.41, 5.74) is 0. The van der Waals surface area contributed by atoms with Crippen LogP contribution in [-0.4, -0.2) is 49.4 Å². The van der Waals surface area contributed by atoms with Crippen LogP contribution in [-0.2, 0) is 4.74 Å². The van der Waals surface area contributed by atoms with E-state index in [0.717, 1.165) is 13.2 Å². The molecule has 0 bridgehead atoms. The molecule has 3 nitrogen and oxygen atoms in total. The van der Waals surface area contributed by atoms with E-state index in [1.807, 2.05) is 0 Å². The zero-order valence-electron chi connectivity index (χ0n) is 6.42. The Bertz CT molecular complexity index is 125. The average molecular weight is 142 g/mol. The highest BCUT2D eigenvalue weighted by molar-refractivity contribution is 4.78. The summed E-state index contributed by atoms with van der Waals surface area (Å²) in [5, 5.41) is 4.73. The van der Waals surface area contributed by atoms with Gasteiger partial charge in [-0.2, -0.15) is 0 Å². The highest BCUT2D eigenvalue weighted by atomic mass is 16.5. The molecule has 2 heterocycles. The second kappa shape index (κ2) is 2.49. The van der Waals surface area contributed by atoms with E-state index in [-0.39, 0.29) is 0 Å². The zero-order valence-corrected chi connectivity index (χ0v) is 6.42. The standard InChI is InChI=1S/C7H14N2O/c1-8-3-2-4-9(8)7-5-10-6-7/h7H,2-6H2,1H3. The van der Waals surface area contributed by atoms with Gasteiger partial charge in [-0.05, 0) is 6.42 Å². The van der Waals surface area contributed by atoms with Gasteiger partial charge in [-0.15, -0.1) is 0 Å². The maximum Gasteiger partial charge on any atom is 0.0713 e. The van der Waals surface area contributed by atoms with Gasteiger partial charge in [0.25, 0.3) is 0 Å². The third-order valence-electron chi connectivity index (χ3n) is 2.35. The summed E-state index contributed by atoms with van der Waals surface area (Å²) in [6, 6.07) is 0.687. The predicted octanol–water partition coefficient (Wildman–Crippen LogP) is -0.0623. The van der Waals surface area contributed by atoms with Crippen LogP contribution in [0.5, 0.6) is 0 Å². The lowest BCUT2D eigenvalue weighted by Gasteiger charge is -2.37. The fraction of sp³-hybridized carbons (Fsp3) is 1.00. The normalized spacial score (nSPS) is 30.9. The minimum absolute atomic E-state index is 0.687. The lowest BCUT2D eigenvalue weighted by Crippen LogP contribution is -2.52. The Labute approximate surface area is 61.5 Å². The quantitative estimate of drug-likeness (QED) is 0.510. The Morgan fingerprint density at radius 3 is 2.50 bits per heavy atom. The number of nitrogens with zero attached hydrogens (tertiary/aromatic N) is 2. The maximum atomic E-state index is 5.13. The third-order valence-corrected chi connectivity index (χ3v) is 2.35. The molecule has 0 unspecified atom stereocenters. The van der Waals surface area contributed by atoms with Crippen molar-refractivity contribution in [1.82, 2.24) is 10.0 Å². The van der Waals surface area contributed by atoms with E-state index in [0.29, 0.717) is 6.04 Å². The Morgan fingerprint density at radius 2 is 2.10 bits per heavy atom. The Kier molecular flexibility index (Phi) is 1.64. The van der Waals surface area contributed by atoms with Crippen molar-refractivity contribution in [1.29, 1.82) is 0 Å². The monoisotopic (exact) mass is 142 g/mol.